The van der Waals surface area contributed by atoms with Crippen LogP contribution in [0.1, 0.15) is 6.23 Å². The highest BCUT2D eigenvalue weighted by Crippen LogP contribution is 2.31. The maximum Gasteiger partial charge on any atom is 0.312 e. The molecule has 3 rings (SSSR count). The molecule has 0 radical (unpaired) electrons. The normalized spacial score (nSPS) is 30.2. The molecule has 20 heavy (non-hydrogen) atoms. The fraction of sp³-hybridized carbons (Fsp3) is 0.500. The van der Waals surface area contributed by atoms with Gasteiger partial charge in [0.2, 0.25) is 0 Å². The Labute approximate surface area is 112 Å². The lowest BCUT2D eigenvalue weighted by Crippen LogP contribution is -2.35. The van der Waals surface area contributed by atoms with Crippen LogP contribution < -0.4 is 11.5 Å². The van der Waals surface area contributed by atoms with Crippen LogP contribution in [0.2, 0.25) is 0 Å². The van der Waals surface area contributed by atoms with Crippen molar-refractivity contribution >= 4 is 17.0 Å². The molecule has 2 unspecified atom stereocenters. The molecule has 10 heteroatoms. The average Bonchev–Trinajstić information content (AvgIpc) is 2.93. The third kappa shape index (κ3) is 1.81. The second-order valence-electron chi connectivity index (χ2n) is 4.48. The predicted molar refractivity (Wildman–Crippen MR) is 64.7 cm³/mol. The molecule has 0 aliphatic carbocycles. The Morgan fingerprint density at radius 1 is 1.35 bits per heavy atom. The number of anilines is 1. The molecule has 0 saturated carbocycles. The molecular weight excluding hydrogens is 271 g/mol. The van der Waals surface area contributed by atoms with Crippen molar-refractivity contribution in [1.82, 2.24) is 19.5 Å². The number of rotatable bonds is 2. The summed E-state index contributed by atoms with van der Waals surface area (Å²) >= 11 is 0. The van der Waals surface area contributed by atoms with Crippen molar-refractivity contribution in [3.8, 4) is 0 Å². The lowest BCUT2D eigenvalue weighted by atomic mass is 10.1. The maximum atomic E-state index is 13.2. The van der Waals surface area contributed by atoms with E-state index in [0.29, 0.717) is 0 Å². The summed E-state index contributed by atoms with van der Waals surface area (Å²) in [4.78, 5) is 10.9. The molecule has 2 aromatic rings. The number of nitrogens with zero attached hydrogens (tertiary/aromatic N) is 4. The number of ether oxygens (including phenoxy) is 1. The van der Waals surface area contributed by atoms with Gasteiger partial charge in [-0.15, -0.1) is 0 Å². The van der Waals surface area contributed by atoms with E-state index in [2.05, 4.69) is 15.0 Å². The molecular formula is C10H13FN6O3. The number of nitrogen functional groups attached to an aromatic ring is 1. The van der Waals surface area contributed by atoms with Gasteiger partial charge in [0.05, 0.1) is 6.33 Å². The summed E-state index contributed by atoms with van der Waals surface area (Å²) in [5, 5.41) is 19.8. The van der Waals surface area contributed by atoms with Crippen LogP contribution >= 0.6 is 0 Å². The minimum absolute atomic E-state index is 0.0346. The molecule has 2 aromatic heterocycles. The van der Waals surface area contributed by atoms with Gasteiger partial charge >= 0.3 is 6.08 Å². The van der Waals surface area contributed by atoms with Crippen LogP contribution in [-0.4, -0.2) is 54.6 Å². The van der Waals surface area contributed by atoms with Crippen LogP contribution in [0.5, 0.6) is 0 Å². The molecule has 4 atom stereocenters. The Balaban J connectivity index is 2.07. The molecule has 0 amide bonds. The first-order valence-electron chi connectivity index (χ1n) is 5.90. The van der Waals surface area contributed by atoms with Crippen molar-refractivity contribution in [1.29, 1.82) is 0 Å². The largest absolute Gasteiger partial charge is 0.387 e. The van der Waals surface area contributed by atoms with Crippen molar-refractivity contribution in [3.05, 3.63) is 12.4 Å². The van der Waals surface area contributed by atoms with Gasteiger partial charge in [0.15, 0.2) is 23.2 Å². The number of hydrogen-bond donors (Lipinski definition) is 4. The van der Waals surface area contributed by atoms with Crippen LogP contribution in [-0.2, 0) is 4.74 Å². The number of aromatic nitrogens is 4. The molecule has 0 aromatic carbocycles. The number of nitrogens with two attached hydrogens (primary N) is 2. The van der Waals surface area contributed by atoms with Crippen molar-refractivity contribution in [2.24, 2.45) is 5.73 Å². The quantitative estimate of drug-likeness (QED) is 0.469. The number of aliphatic hydroxyl groups is 2. The van der Waals surface area contributed by atoms with E-state index in [4.69, 9.17) is 16.2 Å². The van der Waals surface area contributed by atoms with Crippen molar-refractivity contribution < 1.29 is 19.3 Å². The Morgan fingerprint density at radius 3 is 2.75 bits per heavy atom. The summed E-state index contributed by atoms with van der Waals surface area (Å²) in [6.07, 6.45) is -3.81. The van der Waals surface area contributed by atoms with Gasteiger partial charge in [0.25, 0.3) is 0 Å². The van der Waals surface area contributed by atoms with E-state index in [1.807, 2.05) is 0 Å². The zero-order chi connectivity index (χ0) is 14.4. The van der Waals surface area contributed by atoms with E-state index in [0.717, 1.165) is 0 Å². The summed E-state index contributed by atoms with van der Waals surface area (Å²) in [6.45, 7) is 0.0346. The third-order valence-corrected chi connectivity index (χ3v) is 3.26. The average molecular weight is 284 g/mol. The first-order valence-corrected chi connectivity index (χ1v) is 5.90. The first-order chi connectivity index (χ1) is 9.52. The minimum Gasteiger partial charge on any atom is -0.387 e. The molecule has 3 heterocycles. The monoisotopic (exact) mass is 284 g/mol. The number of aliphatic hydroxyl groups excluding tert-OH is 2. The van der Waals surface area contributed by atoms with Gasteiger partial charge in [-0.2, -0.15) is 14.4 Å². The molecule has 0 spiro atoms. The molecule has 0 bridgehead atoms. The number of hydrogen-bond acceptors (Lipinski definition) is 8. The molecule has 1 aliphatic rings. The van der Waals surface area contributed by atoms with Gasteiger partial charge in [-0.3, -0.25) is 4.57 Å². The predicted octanol–water partition coefficient (Wildman–Crippen LogP) is -1.87. The zero-order valence-electron chi connectivity index (χ0n) is 10.2. The first kappa shape index (κ1) is 13.1. The van der Waals surface area contributed by atoms with Gasteiger partial charge in [0, 0.05) is 6.54 Å². The van der Waals surface area contributed by atoms with E-state index in [1.165, 1.54) is 10.9 Å². The highest BCUT2D eigenvalue weighted by atomic mass is 19.1. The highest BCUT2D eigenvalue weighted by Gasteiger charge is 2.43. The molecule has 1 saturated heterocycles. The lowest BCUT2D eigenvalue weighted by molar-refractivity contribution is -0.0322. The van der Waals surface area contributed by atoms with E-state index in [9.17, 15) is 14.6 Å². The third-order valence-electron chi connectivity index (χ3n) is 3.26. The van der Waals surface area contributed by atoms with E-state index >= 15 is 0 Å². The second-order valence-corrected chi connectivity index (χ2v) is 4.48. The summed E-state index contributed by atoms with van der Waals surface area (Å²) in [5.74, 6) is -0.116. The molecule has 9 nitrogen and oxygen atoms in total. The Hall–Kier alpha value is -1.88. The Morgan fingerprint density at radius 2 is 2.10 bits per heavy atom. The summed E-state index contributed by atoms with van der Waals surface area (Å²) in [6, 6.07) is 0. The Bertz CT molecular complexity index is 649. The summed E-state index contributed by atoms with van der Waals surface area (Å²) in [5.41, 5.74) is 11.2. The topological polar surface area (TPSA) is 145 Å². The van der Waals surface area contributed by atoms with E-state index in [-0.39, 0.29) is 23.5 Å². The summed E-state index contributed by atoms with van der Waals surface area (Å²) < 4.78 is 20.0. The van der Waals surface area contributed by atoms with Crippen molar-refractivity contribution in [3.63, 3.8) is 0 Å². The van der Waals surface area contributed by atoms with Crippen LogP contribution in [0.15, 0.2) is 6.33 Å². The summed E-state index contributed by atoms with van der Waals surface area (Å²) in [7, 11) is 0. The van der Waals surface area contributed by atoms with Gasteiger partial charge in [-0.05, 0) is 0 Å². The second kappa shape index (κ2) is 4.59. The van der Waals surface area contributed by atoms with Crippen LogP contribution in [0.4, 0.5) is 10.2 Å². The zero-order valence-corrected chi connectivity index (χ0v) is 10.2. The molecule has 1 aliphatic heterocycles. The molecule has 6 N–H and O–H groups in total. The van der Waals surface area contributed by atoms with Gasteiger partial charge in [-0.25, -0.2) is 4.98 Å². The van der Waals surface area contributed by atoms with Gasteiger partial charge in [0.1, 0.15) is 18.3 Å². The fourth-order valence-electron chi connectivity index (χ4n) is 2.25. The van der Waals surface area contributed by atoms with Crippen molar-refractivity contribution in [2.45, 2.75) is 24.5 Å². The van der Waals surface area contributed by atoms with Crippen LogP contribution in [0.25, 0.3) is 11.2 Å². The van der Waals surface area contributed by atoms with E-state index < -0.39 is 30.6 Å². The highest BCUT2D eigenvalue weighted by molar-refractivity contribution is 5.81. The molecule has 108 valence electrons. The fourth-order valence-corrected chi connectivity index (χ4v) is 2.25. The number of imidazole rings is 1. The minimum atomic E-state index is -1.24. The van der Waals surface area contributed by atoms with Gasteiger partial charge in [-0.1, -0.05) is 0 Å². The Kier molecular flexibility index (Phi) is 3.01. The van der Waals surface area contributed by atoms with Crippen LogP contribution in [0.3, 0.4) is 0 Å². The SMILES string of the molecule is NC[C@H]1O[C@@H](n2cnc3c(N)nc(F)nc32)C(O)C1O. The number of halogens is 1. The van der Waals surface area contributed by atoms with Crippen molar-refractivity contribution in [2.75, 3.05) is 12.3 Å². The lowest BCUT2D eigenvalue weighted by Gasteiger charge is -2.16. The standard InChI is InChI=1S/C10H13FN6O3/c11-10-15-7(13)4-8(16-10)17(2-14-4)9-6(19)5(18)3(1-12)20-9/h2-3,5-6,9,18-19H,1,12H2,(H2,13,15,16)/t3-,5?,6?,9-/m1/s1. The van der Waals surface area contributed by atoms with Gasteiger partial charge < -0.3 is 26.4 Å². The molecule has 1 fully saturated rings. The smallest absolute Gasteiger partial charge is 0.312 e. The number of fused-ring (bicyclic) bond motifs is 1. The van der Waals surface area contributed by atoms with E-state index in [1.54, 1.807) is 0 Å². The van der Waals surface area contributed by atoms with Crippen LogP contribution in [0, 0.1) is 6.08 Å². The maximum absolute atomic E-state index is 13.2.